The Labute approximate surface area is 178 Å². The molecule has 0 aliphatic carbocycles. The number of thioether (sulfide) groups is 1. The van der Waals surface area contributed by atoms with E-state index in [1.807, 2.05) is 30.3 Å². The van der Waals surface area contributed by atoms with Gasteiger partial charge in [0, 0.05) is 23.2 Å². The summed E-state index contributed by atoms with van der Waals surface area (Å²) in [7, 11) is 0. The number of benzene rings is 2. The molecule has 2 aromatic heterocycles. The van der Waals surface area contributed by atoms with Crippen LogP contribution in [0.2, 0.25) is 0 Å². The molecular weight excluding hydrogens is 400 g/mol. The third kappa shape index (κ3) is 4.86. The van der Waals surface area contributed by atoms with Crippen LogP contribution in [0.5, 0.6) is 5.75 Å². The van der Waals surface area contributed by atoms with Gasteiger partial charge in [-0.1, -0.05) is 53.7 Å². The van der Waals surface area contributed by atoms with Crippen LogP contribution in [-0.2, 0) is 18.9 Å². The van der Waals surface area contributed by atoms with Crippen LogP contribution < -0.4 is 4.74 Å². The van der Waals surface area contributed by atoms with E-state index in [4.69, 9.17) is 9.72 Å². The van der Waals surface area contributed by atoms with Crippen LogP contribution in [0, 0.1) is 6.92 Å². The molecule has 0 bridgehead atoms. The Morgan fingerprint density at radius 3 is 2.72 bits per heavy atom. The summed E-state index contributed by atoms with van der Waals surface area (Å²) in [6.45, 7) is 5.40. The van der Waals surface area contributed by atoms with Crippen LogP contribution in [-0.4, -0.2) is 19.7 Å². The fourth-order valence-electron chi connectivity index (χ4n) is 2.94. The first kappa shape index (κ1) is 19.7. The van der Waals surface area contributed by atoms with Gasteiger partial charge in [-0.3, -0.25) is 0 Å². The van der Waals surface area contributed by atoms with Crippen molar-refractivity contribution in [3.8, 4) is 16.3 Å². The molecule has 5 nitrogen and oxygen atoms in total. The average molecular weight is 423 g/mol. The average Bonchev–Trinajstić information content (AvgIpc) is 3.38. The molecule has 29 heavy (non-hydrogen) atoms. The number of thiazole rings is 1. The molecule has 0 spiro atoms. The van der Waals surface area contributed by atoms with Gasteiger partial charge in [0.1, 0.15) is 17.4 Å². The molecular formula is C22H22N4OS2. The van der Waals surface area contributed by atoms with E-state index in [0.29, 0.717) is 6.61 Å². The minimum absolute atomic E-state index is 0.402. The van der Waals surface area contributed by atoms with Crippen molar-refractivity contribution in [1.29, 1.82) is 0 Å². The van der Waals surface area contributed by atoms with Crippen LogP contribution in [0.3, 0.4) is 0 Å². The highest BCUT2D eigenvalue weighted by molar-refractivity contribution is 7.98. The van der Waals surface area contributed by atoms with Crippen LogP contribution >= 0.6 is 23.1 Å². The number of para-hydroxylation sites is 1. The summed E-state index contributed by atoms with van der Waals surface area (Å²) in [6, 6.07) is 18.2. The Balaban J connectivity index is 1.40. The maximum Gasteiger partial charge on any atom is 0.191 e. The van der Waals surface area contributed by atoms with Crippen molar-refractivity contribution in [1.82, 2.24) is 19.7 Å². The largest absolute Gasteiger partial charge is 0.486 e. The second kappa shape index (κ2) is 9.24. The van der Waals surface area contributed by atoms with Gasteiger partial charge in [-0.2, -0.15) is 0 Å². The van der Waals surface area contributed by atoms with Crippen molar-refractivity contribution < 1.29 is 4.74 Å². The number of aromatic nitrogens is 4. The van der Waals surface area contributed by atoms with E-state index < -0.39 is 0 Å². The van der Waals surface area contributed by atoms with Crippen molar-refractivity contribution in [2.75, 3.05) is 0 Å². The van der Waals surface area contributed by atoms with Crippen molar-refractivity contribution in [2.45, 2.75) is 37.9 Å². The highest BCUT2D eigenvalue weighted by atomic mass is 32.2. The predicted octanol–water partition coefficient (Wildman–Crippen LogP) is 5.60. The summed E-state index contributed by atoms with van der Waals surface area (Å²) in [5.74, 6) is 2.43. The molecule has 0 N–H and O–H groups in total. The molecule has 0 fully saturated rings. The second-order valence-corrected chi connectivity index (χ2v) is 8.35. The summed E-state index contributed by atoms with van der Waals surface area (Å²) < 4.78 is 7.93. The highest BCUT2D eigenvalue weighted by Crippen LogP contribution is 2.28. The normalized spacial score (nSPS) is 11.0. The lowest BCUT2D eigenvalue weighted by Crippen LogP contribution is -2.07. The molecule has 0 amide bonds. The van der Waals surface area contributed by atoms with E-state index in [9.17, 15) is 0 Å². The van der Waals surface area contributed by atoms with Gasteiger partial charge in [0.25, 0.3) is 0 Å². The molecule has 0 radical (unpaired) electrons. The van der Waals surface area contributed by atoms with Crippen molar-refractivity contribution in [3.05, 3.63) is 77.1 Å². The topological polar surface area (TPSA) is 52.8 Å². The Morgan fingerprint density at radius 1 is 1.07 bits per heavy atom. The second-order valence-electron chi connectivity index (χ2n) is 6.55. The minimum atomic E-state index is 0.402. The number of nitrogens with zero attached hydrogens (tertiary/aromatic N) is 4. The molecule has 0 saturated heterocycles. The number of rotatable bonds is 8. The molecule has 4 aromatic rings. The molecule has 7 heteroatoms. The Kier molecular flexibility index (Phi) is 6.27. The summed E-state index contributed by atoms with van der Waals surface area (Å²) in [5.41, 5.74) is 3.47. The molecule has 0 unspecified atom stereocenters. The zero-order valence-electron chi connectivity index (χ0n) is 16.4. The van der Waals surface area contributed by atoms with E-state index in [0.717, 1.165) is 39.7 Å². The van der Waals surface area contributed by atoms with E-state index in [1.54, 1.807) is 23.1 Å². The maximum absolute atomic E-state index is 5.83. The third-order valence-electron chi connectivity index (χ3n) is 4.39. The third-order valence-corrected chi connectivity index (χ3v) is 6.33. The zero-order valence-corrected chi connectivity index (χ0v) is 18.0. The van der Waals surface area contributed by atoms with Gasteiger partial charge >= 0.3 is 0 Å². The molecule has 148 valence electrons. The summed E-state index contributed by atoms with van der Waals surface area (Å²) in [6.07, 6.45) is 0. The SMILES string of the molecule is CCn1c(COc2ccccc2)nnc1SCc1csc(-c2cccc(C)c2)n1. The molecule has 0 aliphatic rings. The van der Waals surface area contributed by atoms with Crippen LogP contribution in [0.4, 0.5) is 0 Å². The first-order chi connectivity index (χ1) is 14.2. The highest BCUT2D eigenvalue weighted by Gasteiger charge is 2.13. The van der Waals surface area contributed by atoms with Crippen molar-refractivity contribution in [2.24, 2.45) is 0 Å². The van der Waals surface area contributed by atoms with E-state index in [1.165, 1.54) is 11.1 Å². The van der Waals surface area contributed by atoms with E-state index in [-0.39, 0.29) is 0 Å². The first-order valence-corrected chi connectivity index (χ1v) is 11.3. The van der Waals surface area contributed by atoms with Gasteiger partial charge in [0.2, 0.25) is 0 Å². The van der Waals surface area contributed by atoms with Gasteiger partial charge in [-0.25, -0.2) is 4.98 Å². The van der Waals surface area contributed by atoms with Crippen molar-refractivity contribution in [3.63, 3.8) is 0 Å². The summed E-state index contributed by atoms with van der Waals surface area (Å²) in [5, 5.41) is 12.8. The fourth-order valence-corrected chi connectivity index (χ4v) is 4.77. The zero-order chi connectivity index (χ0) is 20.1. The molecule has 2 heterocycles. The monoisotopic (exact) mass is 422 g/mol. The van der Waals surface area contributed by atoms with Gasteiger partial charge in [0.05, 0.1) is 5.69 Å². The van der Waals surface area contributed by atoms with Crippen LogP contribution in [0.25, 0.3) is 10.6 Å². The molecule has 4 rings (SSSR count). The Bertz CT molecular complexity index is 1080. The molecule has 2 aromatic carbocycles. The predicted molar refractivity (Wildman–Crippen MR) is 118 cm³/mol. The Hall–Kier alpha value is -2.64. The van der Waals surface area contributed by atoms with Crippen molar-refractivity contribution >= 4 is 23.1 Å². The van der Waals surface area contributed by atoms with Crippen LogP contribution in [0.1, 0.15) is 24.0 Å². The molecule has 0 aliphatic heterocycles. The van der Waals surface area contributed by atoms with E-state index >= 15 is 0 Å². The standard InChI is InChI=1S/C22H22N4OS2/c1-3-26-20(13-27-19-10-5-4-6-11-19)24-25-22(26)29-15-18-14-28-21(23-18)17-9-7-8-16(2)12-17/h4-12,14H,3,13,15H2,1-2H3. The Morgan fingerprint density at radius 2 is 1.93 bits per heavy atom. The lowest BCUT2D eigenvalue weighted by atomic mass is 10.1. The van der Waals surface area contributed by atoms with Gasteiger partial charge in [0.15, 0.2) is 11.0 Å². The smallest absolute Gasteiger partial charge is 0.191 e. The lowest BCUT2D eigenvalue weighted by Gasteiger charge is -2.08. The lowest BCUT2D eigenvalue weighted by molar-refractivity contribution is 0.288. The van der Waals surface area contributed by atoms with Crippen LogP contribution in [0.15, 0.2) is 65.1 Å². The molecule has 0 atom stereocenters. The van der Waals surface area contributed by atoms with Gasteiger partial charge in [-0.15, -0.1) is 21.5 Å². The summed E-state index contributed by atoms with van der Waals surface area (Å²) in [4.78, 5) is 4.79. The number of aryl methyl sites for hydroxylation is 1. The summed E-state index contributed by atoms with van der Waals surface area (Å²) >= 11 is 3.34. The first-order valence-electron chi connectivity index (χ1n) is 9.47. The quantitative estimate of drug-likeness (QED) is 0.346. The van der Waals surface area contributed by atoms with Gasteiger partial charge in [-0.05, 0) is 32.0 Å². The minimum Gasteiger partial charge on any atom is -0.486 e. The number of ether oxygens (including phenoxy) is 1. The van der Waals surface area contributed by atoms with E-state index in [2.05, 4.69) is 58.3 Å². The number of hydrogen-bond acceptors (Lipinski definition) is 6. The molecule has 0 saturated carbocycles. The maximum atomic E-state index is 5.83. The van der Waals surface area contributed by atoms with Gasteiger partial charge < -0.3 is 9.30 Å². The fraction of sp³-hybridized carbons (Fsp3) is 0.227. The number of hydrogen-bond donors (Lipinski definition) is 0.